The van der Waals surface area contributed by atoms with Gasteiger partial charge in [0.1, 0.15) is 17.2 Å². The van der Waals surface area contributed by atoms with E-state index in [1.807, 2.05) is 6.07 Å². The third kappa shape index (κ3) is 2.26. The van der Waals surface area contributed by atoms with E-state index in [9.17, 15) is 4.39 Å². The summed E-state index contributed by atoms with van der Waals surface area (Å²) in [6, 6.07) is 6.25. The Morgan fingerprint density at radius 1 is 1.39 bits per heavy atom. The van der Waals surface area contributed by atoms with Crippen LogP contribution in [-0.2, 0) is 0 Å². The summed E-state index contributed by atoms with van der Waals surface area (Å²) in [5.74, 6) is 6.11. The predicted molar refractivity (Wildman–Crippen MR) is 70.3 cm³/mol. The minimum atomic E-state index is -0.262. The second kappa shape index (κ2) is 4.71. The minimum Gasteiger partial charge on any atom is -0.459 e. The molecule has 0 radical (unpaired) electrons. The number of nitrogens with two attached hydrogens (primary N) is 1. The molecule has 2 aromatic rings. The van der Waals surface area contributed by atoms with Crippen LogP contribution in [0.3, 0.4) is 0 Å². The Morgan fingerprint density at radius 2 is 2.11 bits per heavy atom. The summed E-state index contributed by atoms with van der Waals surface area (Å²) in [5, 5.41) is 0.761. The van der Waals surface area contributed by atoms with Gasteiger partial charge in [0.2, 0.25) is 0 Å². The smallest absolute Gasteiger partial charge is 0.134 e. The summed E-state index contributed by atoms with van der Waals surface area (Å²) in [6.45, 7) is 6.34. The average molecular weight is 250 g/mol. The molecule has 0 spiro atoms. The predicted octanol–water partition coefficient (Wildman–Crippen LogP) is 3.51. The number of nitrogens with one attached hydrogen (secondary N) is 1. The first-order chi connectivity index (χ1) is 8.47. The lowest BCUT2D eigenvalue weighted by atomic mass is 9.81. The molecule has 3 nitrogen and oxygen atoms in total. The van der Waals surface area contributed by atoms with Crippen LogP contribution in [0.4, 0.5) is 4.39 Å². The highest BCUT2D eigenvalue weighted by Gasteiger charge is 2.31. The molecular formula is C14H19FN2O. The van der Waals surface area contributed by atoms with Crippen LogP contribution < -0.4 is 11.3 Å². The number of hydrogen-bond acceptors (Lipinski definition) is 3. The van der Waals surface area contributed by atoms with Gasteiger partial charge in [0, 0.05) is 5.39 Å². The monoisotopic (exact) mass is 250 g/mol. The van der Waals surface area contributed by atoms with Crippen LogP contribution in [0, 0.1) is 11.2 Å². The number of halogens is 1. The maximum absolute atomic E-state index is 13.1. The van der Waals surface area contributed by atoms with Gasteiger partial charge in [0.25, 0.3) is 0 Å². The first kappa shape index (κ1) is 13.1. The van der Waals surface area contributed by atoms with E-state index in [1.54, 1.807) is 6.07 Å². The van der Waals surface area contributed by atoms with Gasteiger partial charge in [0.05, 0.1) is 6.04 Å². The first-order valence-electron chi connectivity index (χ1n) is 6.13. The van der Waals surface area contributed by atoms with Gasteiger partial charge in [-0.3, -0.25) is 5.84 Å². The maximum Gasteiger partial charge on any atom is 0.134 e. The second-order valence-corrected chi connectivity index (χ2v) is 5.27. The zero-order valence-electron chi connectivity index (χ0n) is 11.0. The molecule has 18 heavy (non-hydrogen) atoms. The maximum atomic E-state index is 13.1. The highest BCUT2D eigenvalue weighted by Crippen LogP contribution is 2.37. The third-order valence-corrected chi connectivity index (χ3v) is 3.64. The molecule has 3 N–H and O–H groups in total. The van der Waals surface area contributed by atoms with Crippen molar-refractivity contribution in [2.45, 2.75) is 33.2 Å². The minimum absolute atomic E-state index is 0.0405. The molecule has 0 saturated heterocycles. The molecule has 0 amide bonds. The molecule has 2 rings (SSSR count). The summed E-state index contributed by atoms with van der Waals surface area (Å²) in [6.07, 6.45) is 0.952. The van der Waals surface area contributed by atoms with E-state index in [1.165, 1.54) is 12.1 Å². The number of furan rings is 1. The van der Waals surface area contributed by atoms with Gasteiger partial charge < -0.3 is 4.42 Å². The molecule has 1 atom stereocenters. The first-order valence-corrected chi connectivity index (χ1v) is 6.13. The molecular weight excluding hydrogens is 231 g/mol. The van der Waals surface area contributed by atoms with E-state index in [4.69, 9.17) is 10.3 Å². The van der Waals surface area contributed by atoms with Crippen molar-refractivity contribution in [3.63, 3.8) is 0 Å². The summed E-state index contributed by atoms with van der Waals surface area (Å²) in [5.41, 5.74) is 3.44. The van der Waals surface area contributed by atoms with Gasteiger partial charge in [0.15, 0.2) is 0 Å². The summed E-state index contributed by atoms with van der Waals surface area (Å²) >= 11 is 0. The summed E-state index contributed by atoms with van der Waals surface area (Å²) in [7, 11) is 0. The van der Waals surface area contributed by atoms with E-state index in [2.05, 4.69) is 26.2 Å². The third-order valence-electron chi connectivity index (χ3n) is 3.64. The number of fused-ring (bicyclic) bond motifs is 1. The number of rotatable bonds is 4. The van der Waals surface area contributed by atoms with Crippen LogP contribution in [-0.4, -0.2) is 0 Å². The molecule has 0 aliphatic heterocycles. The number of benzene rings is 1. The molecule has 0 aliphatic rings. The Morgan fingerprint density at radius 3 is 2.72 bits per heavy atom. The van der Waals surface area contributed by atoms with Crippen molar-refractivity contribution < 1.29 is 8.81 Å². The number of hydrogen-bond donors (Lipinski definition) is 2. The van der Waals surface area contributed by atoms with Gasteiger partial charge in [-0.15, -0.1) is 0 Å². The van der Waals surface area contributed by atoms with E-state index >= 15 is 0 Å². The van der Waals surface area contributed by atoms with Crippen molar-refractivity contribution in [1.29, 1.82) is 0 Å². The molecule has 1 aromatic heterocycles. The lowest BCUT2D eigenvalue weighted by Crippen LogP contribution is -2.37. The fourth-order valence-electron chi connectivity index (χ4n) is 2.07. The molecule has 0 bridgehead atoms. The van der Waals surface area contributed by atoms with Gasteiger partial charge in [-0.25, -0.2) is 9.82 Å². The van der Waals surface area contributed by atoms with Crippen LogP contribution in [0.5, 0.6) is 0 Å². The largest absolute Gasteiger partial charge is 0.459 e. The standard InChI is InChI=1S/C14H19FN2O/c1-4-14(2,3)13(17-16)12-8-9-7-10(15)5-6-11(9)18-12/h5-8,13,17H,4,16H2,1-3H3. The normalized spacial score (nSPS) is 14.1. The van der Waals surface area contributed by atoms with Crippen molar-refractivity contribution in [2.75, 3.05) is 0 Å². The number of hydrazine groups is 1. The molecule has 98 valence electrons. The highest BCUT2D eigenvalue weighted by atomic mass is 19.1. The molecule has 0 aliphatic carbocycles. The summed E-state index contributed by atoms with van der Waals surface area (Å²) in [4.78, 5) is 0. The van der Waals surface area contributed by atoms with E-state index < -0.39 is 0 Å². The molecule has 0 fully saturated rings. The fourth-order valence-corrected chi connectivity index (χ4v) is 2.07. The Hall–Kier alpha value is -1.39. The van der Waals surface area contributed by atoms with E-state index in [0.717, 1.165) is 17.6 Å². The van der Waals surface area contributed by atoms with Gasteiger partial charge in [-0.1, -0.05) is 20.8 Å². The highest BCUT2D eigenvalue weighted by molar-refractivity contribution is 5.78. The van der Waals surface area contributed by atoms with Crippen LogP contribution in [0.2, 0.25) is 0 Å². The average Bonchev–Trinajstić information content (AvgIpc) is 2.72. The Labute approximate surface area is 106 Å². The van der Waals surface area contributed by atoms with Crippen molar-refractivity contribution >= 4 is 11.0 Å². The topological polar surface area (TPSA) is 51.2 Å². The zero-order chi connectivity index (χ0) is 13.3. The second-order valence-electron chi connectivity index (χ2n) is 5.27. The Kier molecular flexibility index (Phi) is 3.41. The van der Waals surface area contributed by atoms with Crippen LogP contribution in [0.25, 0.3) is 11.0 Å². The lowest BCUT2D eigenvalue weighted by molar-refractivity contribution is 0.210. The quantitative estimate of drug-likeness (QED) is 0.645. The van der Waals surface area contributed by atoms with Crippen molar-refractivity contribution in [3.8, 4) is 0 Å². The Bertz CT molecular complexity index is 548. The lowest BCUT2D eigenvalue weighted by Gasteiger charge is -2.31. The molecule has 1 heterocycles. The molecule has 1 aromatic carbocycles. The van der Waals surface area contributed by atoms with Gasteiger partial charge in [-0.05, 0) is 36.1 Å². The molecule has 0 saturated carbocycles. The fraction of sp³-hybridized carbons (Fsp3) is 0.429. The van der Waals surface area contributed by atoms with Crippen LogP contribution in [0.15, 0.2) is 28.7 Å². The SMILES string of the molecule is CCC(C)(C)C(NN)c1cc2cc(F)ccc2o1. The molecule has 1 unspecified atom stereocenters. The zero-order valence-corrected chi connectivity index (χ0v) is 11.0. The van der Waals surface area contributed by atoms with Crippen molar-refractivity contribution in [1.82, 2.24) is 5.43 Å². The van der Waals surface area contributed by atoms with E-state index in [-0.39, 0.29) is 17.3 Å². The van der Waals surface area contributed by atoms with Gasteiger partial charge >= 0.3 is 0 Å². The summed E-state index contributed by atoms with van der Waals surface area (Å²) < 4.78 is 18.9. The van der Waals surface area contributed by atoms with Crippen LogP contribution >= 0.6 is 0 Å². The van der Waals surface area contributed by atoms with Gasteiger partial charge in [-0.2, -0.15) is 0 Å². The van der Waals surface area contributed by atoms with Crippen molar-refractivity contribution in [2.24, 2.45) is 11.3 Å². The molecule has 4 heteroatoms. The van der Waals surface area contributed by atoms with E-state index in [0.29, 0.717) is 5.58 Å². The Balaban J connectivity index is 2.46. The van der Waals surface area contributed by atoms with Crippen molar-refractivity contribution in [3.05, 3.63) is 35.8 Å². The van der Waals surface area contributed by atoms with Crippen LogP contribution in [0.1, 0.15) is 39.0 Å².